The van der Waals surface area contributed by atoms with E-state index < -0.39 is 27.4 Å². The van der Waals surface area contributed by atoms with E-state index in [-0.39, 0.29) is 14.8 Å². The number of hydrogen-bond acceptors (Lipinski definition) is 5. The number of carbonyl (C=O) groups excluding carboxylic acids is 2. The maximum Gasteiger partial charge on any atom is 0.285 e. The summed E-state index contributed by atoms with van der Waals surface area (Å²) in [5.41, 5.74) is 0.0257. The van der Waals surface area contributed by atoms with Crippen LogP contribution in [0.25, 0.3) is 6.08 Å². The van der Waals surface area contributed by atoms with Gasteiger partial charge in [-0.1, -0.05) is 42.5 Å². The summed E-state index contributed by atoms with van der Waals surface area (Å²) >= 11 is 0. The van der Waals surface area contributed by atoms with Gasteiger partial charge in [-0.05, 0) is 23.8 Å². The Morgan fingerprint density at radius 3 is 2.29 bits per heavy atom. The SMILES string of the molecule is N#C/C(=C/c1ccccc1)C(=O)N1C(=O)c2ccccc2S1(=O)=O. The summed E-state index contributed by atoms with van der Waals surface area (Å²) in [5, 5.41) is 9.22. The highest BCUT2D eigenvalue weighted by atomic mass is 32.2. The third kappa shape index (κ3) is 2.39. The van der Waals surface area contributed by atoms with Crippen LogP contribution >= 0.6 is 0 Å². The van der Waals surface area contributed by atoms with Crippen LogP contribution in [0.5, 0.6) is 0 Å². The van der Waals surface area contributed by atoms with Crippen molar-refractivity contribution in [1.82, 2.24) is 4.31 Å². The number of hydrogen-bond donors (Lipinski definition) is 0. The van der Waals surface area contributed by atoms with Crippen molar-refractivity contribution >= 4 is 27.9 Å². The molecule has 7 heteroatoms. The molecule has 1 heterocycles. The summed E-state index contributed by atoms with van der Waals surface area (Å²) in [4.78, 5) is 24.6. The predicted octanol–water partition coefficient (Wildman–Crippen LogP) is 1.96. The van der Waals surface area contributed by atoms with Crippen molar-refractivity contribution < 1.29 is 18.0 Å². The molecule has 118 valence electrons. The molecule has 0 N–H and O–H groups in total. The van der Waals surface area contributed by atoms with Gasteiger partial charge in [0, 0.05) is 0 Å². The Morgan fingerprint density at radius 1 is 1.04 bits per heavy atom. The highest BCUT2D eigenvalue weighted by Gasteiger charge is 2.45. The Kier molecular flexibility index (Phi) is 3.75. The fourth-order valence-electron chi connectivity index (χ4n) is 2.35. The lowest BCUT2D eigenvalue weighted by Gasteiger charge is -2.12. The van der Waals surface area contributed by atoms with Crippen LogP contribution in [0, 0.1) is 11.3 Å². The number of nitriles is 1. The number of sulfonamides is 1. The number of carbonyl (C=O) groups is 2. The average Bonchev–Trinajstić information content (AvgIpc) is 2.80. The van der Waals surface area contributed by atoms with Crippen LogP contribution in [-0.4, -0.2) is 24.5 Å². The molecule has 0 aliphatic carbocycles. The van der Waals surface area contributed by atoms with Crippen LogP contribution in [0.2, 0.25) is 0 Å². The lowest BCUT2D eigenvalue weighted by Crippen LogP contribution is -2.37. The van der Waals surface area contributed by atoms with Crippen LogP contribution in [-0.2, 0) is 14.8 Å². The zero-order chi connectivity index (χ0) is 17.3. The normalized spacial score (nSPS) is 15.7. The lowest BCUT2D eigenvalue weighted by atomic mass is 10.1. The van der Waals surface area contributed by atoms with E-state index in [9.17, 15) is 23.3 Å². The van der Waals surface area contributed by atoms with Crippen molar-refractivity contribution in [2.75, 3.05) is 0 Å². The van der Waals surface area contributed by atoms with Crippen LogP contribution in [0.1, 0.15) is 15.9 Å². The summed E-state index contributed by atoms with van der Waals surface area (Å²) < 4.78 is 25.1. The van der Waals surface area contributed by atoms with E-state index in [1.54, 1.807) is 36.4 Å². The first-order valence-electron chi connectivity index (χ1n) is 6.86. The van der Waals surface area contributed by atoms with E-state index in [0.717, 1.165) is 0 Å². The number of rotatable bonds is 2. The molecule has 0 saturated carbocycles. The highest BCUT2D eigenvalue weighted by Crippen LogP contribution is 2.31. The second-order valence-corrected chi connectivity index (χ2v) is 6.71. The van der Waals surface area contributed by atoms with E-state index in [0.29, 0.717) is 5.56 Å². The summed E-state index contributed by atoms with van der Waals surface area (Å²) in [6.45, 7) is 0. The fourth-order valence-corrected chi connectivity index (χ4v) is 3.87. The Balaban J connectivity index is 2.07. The van der Waals surface area contributed by atoms with Crippen molar-refractivity contribution in [2.45, 2.75) is 4.90 Å². The molecule has 2 aromatic carbocycles. The fraction of sp³-hybridized carbons (Fsp3) is 0. The molecule has 0 fully saturated rings. The molecule has 0 radical (unpaired) electrons. The first-order valence-corrected chi connectivity index (χ1v) is 8.30. The number of fused-ring (bicyclic) bond motifs is 1. The quantitative estimate of drug-likeness (QED) is 0.616. The first-order chi connectivity index (χ1) is 11.5. The molecule has 1 aliphatic heterocycles. The molecule has 1 aliphatic rings. The van der Waals surface area contributed by atoms with E-state index in [1.807, 2.05) is 0 Å². The van der Waals surface area contributed by atoms with Crippen molar-refractivity contribution in [3.05, 3.63) is 71.3 Å². The van der Waals surface area contributed by atoms with Gasteiger partial charge in [0.15, 0.2) is 0 Å². The first kappa shape index (κ1) is 15.6. The molecule has 2 aromatic rings. The maximum atomic E-state index is 12.5. The summed E-state index contributed by atoms with van der Waals surface area (Å²) in [7, 11) is -4.30. The topological polar surface area (TPSA) is 95.3 Å². The van der Waals surface area contributed by atoms with Gasteiger partial charge in [0.1, 0.15) is 16.5 Å². The van der Waals surface area contributed by atoms with Gasteiger partial charge in [-0.2, -0.15) is 9.57 Å². The van der Waals surface area contributed by atoms with E-state index in [4.69, 9.17) is 0 Å². The van der Waals surface area contributed by atoms with Gasteiger partial charge in [-0.15, -0.1) is 0 Å². The summed E-state index contributed by atoms with van der Waals surface area (Å²) in [6, 6.07) is 15.7. The molecule has 0 saturated heterocycles. The van der Waals surface area contributed by atoms with Crippen molar-refractivity contribution in [2.24, 2.45) is 0 Å². The molecular formula is C17H10N2O4S. The highest BCUT2D eigenvalue weighted by molar-refractivity contribution is 7.90. The molecule has 3 rings (SSSR count). The molecule has 0 aromatic heterocycles. The van der Waals surface area contributed by atoms with Gasteiger partial charge in [-0.25, -0.2) is 8.42 Å². The molecule has 0 bridgehead atoms. The zero-order valence-electron chi connectivity index (χ0n) is 12.2. The number of amides is 2. The van der Waals surface area contributed by atoms with Gasteiger partial charge in [0.25, 0.3) is 21.8 Å². The number of benzene rings is 2. The Hall–Kier alpha value is -3.24. The largest absolute Gasteiger partial charge is 0.285 e. The third-order valence-electron chi connectivity index (χ3n) is 3.47. The minimum atomic E-state index is -4.30. The van der Waals surface area contributed by atoms with Crippen molar-refractivity contribution in [3.63, 3.8) is 0 Å². The van der Waals surface area contributed by atoms with Crippen LogP contribution in [0.3, 0.4) is 0 Å². The van der Waals surface area contributed by atoms with Crippen LogP contribution in [0.15, 0.2) is 65.1 Å². The molecular weight excluding hydrogens is 328 g/mol. The van der Waals surface area contributed by atoms with Gasteiger partial charge in [0.2, 0.25) is 0 Å². The summed E-state index contributed by atoms with van der Waals surface area (Å²) in [5.74, 6) is -2.12. The second kappa shape index (κ2) is 5.76. The number of imide groups is 1. The lowest BCUT2D eigenvalue weighted by molar-refractivity contribution is -0.120. The van der Waals surface area contributed by atoms with Crippen LogP contribution < -0.4 is 0 Å². The van der Waals surface area contributed by atoms with Crippen molar-refractivity contribution in [1.29, 1.82) is 5.26 Å². The smallest absolute Gasteiger partial charge is 0.267 e. The van der Waals surface area contributed by atoms with E-state index in [2.05, 4.69) is 0 Å². The Labute approximate surface area is 138 Å². The van der Waals surface area contributed by atoms with Gasteiger partial charge in [0.05, 0.1) is 5.56 Å². The average molecular weight is 338 g/mol. The molecule has 0 spiro atoms. The third-order valence-corrected chi connectivity index (χ3v) is 5.19. The zero-order valence-corrected chi connectivity index (χ0v) is 13.0. The molecule has 6 nitrogen and oxygen atoms in total. The van der Waals surface area contributed by atoms with E-state index in [1.165, 1.54) is 30.3 Å². The van der Waals surface area contributed by atoms with Crippen LogP contribution in [0.4, 0.5) is 0 Å². The van der Waals surface area contributed by atoms with Gasteiger partial charge in [-0.3, -0.25) is 9.59 Å². The predicted molar refractivity (Wildman–Crippen MR) is 84.8 cm³/mol. The number of nitrogens with zero attached hydrogens (tertiary/aromatic N) is 2. The molecule has 2 amide bonds. The Bertz CT molecular complexity index is 1020. The minimum Gasteiger partial charge on any atom is -0.267 e. The summed E-state index contributed by atoms with van der Waals surface area (Å²) in [6.07, 6.45) is 1.24. The van der Waals surface area contributed by atoms with Gasteiger partial charge >= 0.3 is 0 Å². The van der Waals surface area contributed by atoms with Gasteiger partial charge < -0.3 is 0 Å². The molecule has 0 atom stereocenters. The molecule has 0 unspecified atom stereocenters. The minimum absolute atomic E-state index is 0.0807. The standard InChI is InChI=1S/C17H10N2O4S/c18-11-13(10-12-6-2-1-3-7-12)16(20)19-17(21)14-8-4-5-9-15(14)24(19,22)23/h1-10H/b13-10-. The monoisotopic (exact) mass is 338 g/mol. The maximum absolute atomic E-state index is 12.5. The Morgan fingerprint density at radius 2 is 1.67 bits per heavy atom. The van der Waals surface area contributed by atoms with E-state index >= 15 is 0 Å². The second-order valence-electron chi connectivity index (χ2n) is 4.96. The molecule has 24 heavy (non-hydrogen) atoms. The van der Waals surface area contributed by atoms with Crippen molar-refractivity contribution in [3.8, 4) is 6.07 Å².